The Morgan fingerprint density at radius 3 is 2.55 bits per heavy atom. The van der Waals surface area contributed by atoms with E-state index in [9.17, 15) is 18.4 Å². The van der Waals surface area contributed by atoms with E-state index < -0.39 is 23.3 Å². The fourth-order valence-corrected chi connectivity index (χ4v) is 2.94. The number of ether oxygens (including phenoxy) is 2. The van der Waals surface area contributed by atoms with E-state index >= 15 is 0 Å². The Hall–Kier alpha value is -3.41. The average molecular weight is 496 g/mol. The van der Waals surface area contributed by atoms with Gasteiger partial charge in [-0.2, -0.15) is 4.98 Å². The summed E-state index contributed by atoms with van der Waals surface area (Å²) in [6.07, 6.45) is 1.91. The molecule has 0 spiro atoms. The Balaban J connectivity index is 1.75. The second kappa shape index (κ2) is 9.60. The molecule has 1 amide bonds. The third-order valence-electron chi connectivity index (χ3n) is 4.10. The average Bonchev–Trinajstić information content (AvgIpc) is 2.73. The number of halogens is 3. The van der Waals surface area contributed by atoms with Crippen LogP contribution in [0, 0.1) is 18.6 Å². The minimum absolute atomic E-state index is 0.0208. The Morgan fingerprint density at radius 1 is 1.19 bits per heavy atom. The zero-order valence-electron chi connectivity index (χ0n) is 16.1. The fourth-order valence-electron chi connectivity index (χ4n) is 2.52. The zero-order valence-corrected chi connectivity index (χ0v) is 17.7. The normalized spacial score (nSPS) is 10.7. The summed E-state index contributed by atoms with van der Waals surface area (Å²) in [4.78, 5) is 35.9. The third kappa shape index (κ3) is 5.60. The molecule has 0 fully saturated rings. The summed E-state index contributed by atoms with van der Waals surface area (Å²) in [5.74, 6) is -1.15. The lowest BCUT2D eigenvalue weighted by atomic mass is 10.2. The number of hydrogen-bond acceptors (Lipinski definition) is 7. The van der Waals surface area contributed by atoms with Gasteiger partial charge >= 0.3 is 6.09 Å². The highest BCUT2D eigenvalue weighted by atomic mass is 79.9. The molecule has 2 aromatic heterocycles. The van der Waals surface area contributed by atoms with Crippen LogP contribution in [0.2, 0.25) is 0 Å². The topological polar surface area (TPSA) is 122 Å². The maximum atomic E-state index is 13.8. The molecule has 0 aliphatic carbocycles. The van der Waals surface area contributed by atoms with E-state index in [2.05, 4.69) is 35.6 Å². The van der Waals surface area contributed by atoms with Crippen molar-refractivity contribution in [2.75, 3.05) is 0 Å². The van der Waals surface area contributed by atoms with E-state index in [1.165, 1.54) is 23.0 Å². The Labute approximate surface area is 183 Å². The van der Waals surface area contributed by atoms with Crippen molar-refractivity contribution < 1.29 is 23.0 Å². The van der Waals surface area contributed by atoms with Crippen molar-refractivity contribution in [3.8, 4) is 5.88 Å². The summed E-state index contributed by atoms with van der Waals surface area (Å²) >= 11 is 3.16. The number of carbonyl (C=O) groups is 1. The maximum absolute atomic E-state index is 13.8. The fraction of sp³-hybridized carbons (Fsp3) is 0.211. The molecule has 0 aliphatic rings. The van der Waals surface area contributed by atoms with Crippen molar-refractivity contribution in [1.82, 2.24) is 19.5 Å². The summed E-state index contributed by atoms with van der Waals surface area (Å²) in [6, 6.07) is 3.11. The van der Waals surface area contributed by atoms with Crippen molar-refractivity contribution in [3.05, 3.63) is 79.8 Å². The van der Waals surface area contributed by atoms with Crippen LogP contribution in [0.4, 0.5) is 13.6 Å². The lowest BCUT2D eigenvalue weighted by Crippen LogP contribution is -2.26. The van der Waals surface area contributed by atoms with E-state index in [4.69, 9.17) is 10.5 Å². The predicted octanol–water partition coefficient (Wildman–Crippen LogP) is 2.61. The number of amides is 1. The van der Waals surface area contributed by atoms with E-state index in [0.29, 0.717) is 17.2 Å². The van der Waals surface area contributed by atoms with Gasteiger partial charge in [-0.15, -0.1) is 0 Å². The lowest BCUT2D eigenvalue weighted by molar-refractivity contribution is 0.148. The molecule has 162 valence electrons. The number of aryl methyl sites for hydroxylation is 1. The molecule has 0 radical (unpaired) electrons. The minimum Gasteiger partial charge on any atom is -0.472 e. The first-order valence-electron chi connectivity index (χ1n) is 8.80. The Kier molecular flexibility index (Phi) is 6.90. The van der Waals surface area contributed by atoms with E-state index in [-0.39, 0.29) is 35.7 Å². The highest BCUT2D eigenvalue weighted by molar-refractivity contribution is 9.10. The molecule has 0 bridgehead atoms. The van der Waals surface area contributed by atoms with Crippen LogP contribution < -0.4 is 16.0 Å². The van der Waals surface area contributed by atoms with E-state index in [0.717, 1.165) is 12.1 Å². The molecule has 31 heavy (non-hydrogen) atoms. The molecule has 0 aliphatic heterocycles. The Morgan fingerprint density at radius 2 is 1.90 bits per heavy atom. The number of benzene rings is 1. The standard InChI is InChI=1S/C19H16BrF2N5O4/c1-10-26-17(30-8-11-2-3-12(21)4-15(11)22)16(20)18(28)27(10)7-13-5-25-14(6-24-13)9-31-19(23)29/h2-6H,7-9H2,1H3,(H2,23,29). The van der Waals surface area contributed by atoms with Gasteiger partial charge in [0.05, 0.1) is 30.3 Å². The van der Waals surface area contributed by atoms with Gasteiger partial charge in [0.1, 0.15) is 35.1 Å². The van der Waals surface area contributed by atoms with E-state index in [1.807, 2.05) is 0 Å². The molecule has 2 heterocycles. The summed E-state index contributed by atoms with van der Waals surface area (Å²) in [5, 5.41) is 0. The Bertz CT molecular complexity index is 1170. The molecule has 3 aromatic rings. The molecular weight excluding hydrogens is 480 g/mol. The predicted molar refractivity (Wildman–Crippen MR) is 107 cm³/mol. The van der Waals surface area contributed by atoms with Crippen LogP contribution >= 0.6 is 15.9 Å². The van der Waals surface area contributed by atoms with Crippen LogP contribution in [0.1, 0.15) is 22.8 Å². The lowest BCUT2D eigenvalue weighted by Gasteiger charge is -2.13. The number of aromatic nitrogens is 4. The molecule has 1 aromatic carbocycles. The van der Waals surface area contributed by atoms with Crippen molar-refractivity contribution >= 4 is 22.0 Å². The number of primary amides is 1. The van der Waals surface area contributed by atoms with Crippen LogP contribution in [-0.4, -0.2) is 25.6 Å². The first-order valence-corrected chi connectivity index (χ1v) is 9.59. The summed E-state index contributed by atoms with van der Waals surface area (Å²) < 4.78 is 38.3. The maximum Gasteiger partial charge on any atom is 0.404 e. The molecular formula is C19H16BrF2N5O4. The van der Waals surface area contributed by atoms with Crippen LogP contribution in [0.3, 0.4) is 0 Å². The van der Waals surface area contributed by atoms with Crippen molar-refractivity contribution in [2.24, 2.45) is 5.73 Å². The van der Waals surface area contributed by atoms with Gasteiger partial charge in [-0.05, 0) is 35.0 Å². The largest absolute Gasteiger partial charge is 0.472 e. The van der Waals surface area contributed by atoms with Crippen LogP contribution in [0.25, 0.3) is 0 Å². The number of nitrogens with two attached hydrogens (primary N) is 1. The van der Waals surface area contributed by atoms with Crippen LogP contribution in [-0.2, 0) is 24.5 Å². The quantitative estimate of drug-likeness (QED) is 0.534. The molecule has 0 saturated carbocycles. The highest BCUT2D eigenvalue weighted by Crippen LogP contribution is 2.21. The first-order chi connectivity index (χ1) is 14.7. The molecule has 0 atom stereocenters. The zero-order chi connectivity index (χ0) is 22.5. The van der Waals surface area contributed by atoms with Gasteiger partial charge < -0.3 is 15.2 Å². The van der Waals surface area contributed by atoms with Gasteiger partial charge in [0.2, 0.25) is 5.88 Å². The SMILES string of the molecule is Cc1nc(OCc2ccc(F)cc2F)c(Br)c(=O)n1Cc1cnc(COC(N)=O)cn1. The summed E-state index contributed by atoms with van der Waals surface area (Å²) in [6.45, 7) is 1.32. The molecule has 0 saturated heterocycles. The van der Waals surface area contributed by atoms with Crippen molar-refractivity contribution in [2.45, 2.75) is 26.7 Å². The monoisotopic (exact) mass is 495 g/mol. The minimum atomic E-state index is -0.923. The molecule has 12 heteroatoms. The number of rotatable bonds is 7. The number of hydrogen-bond donors (Lipinski definition) is 1. The van der Waals surface area contributed by atoms with Crippen molar-refractivity contribution in [3.63, 3.8) is 0 Å². The smallest absolute Gasteiger partial charge is 0.404 e. The van der Waals surface area contributed by atoms with Gasteiger partial charge in [-0.1, -0.05) is 0 Å². The molecule has 9 nitrogen and oxygen atoms in total. The first kappa shape index (κ1) is 22.3. The summed E-state index contributed by atoms with van der Waals surface area (Å²) in [7, 11) is 0. The van der Waals surface area contributed by atoms with Gasteiger partial charge in [0.25, 0.3) is 5.56 Å². The molecule has 2 N–H and O–H groups in total. The molecule has 3 rings (SSSR count). The third-order valence-corrected chi connectivity index (χ3v) is 4.77. The van der Waals surface area contributed by atoms with Crippen molar-refractivity contribution in [1.29, 1.82) is 0 Å². The van der Waals surface area contributed by atoms with Gasteiger partial charge in [-0.3, -0.25) is 19.3 Å². The molecule has 0 unspecified atom stereocenters. The van der Waals surface area contributed by atoms with Gasteiger partial charge in [-0.25, -0.2) is 13.6 Å². The highest BCUT2D eigenvalue weighted by Gasteiger charge is 2.16. The number of nitrogens with zero attached hydrogens (tertiary/aromatic N) is 4. The second-order valence-corrected chi connectivity index (χ2v) is 7.09. The summed E-state index contributed by atoms with van der Waals surface area (Å²) in [5.41, 5.74) is 5.43. The van der Waals surface area contributed by atoms with Crippen LogP contribution in [0.5, 0.6) is 5.88 Å². The number of carbonyl (C=O) groups excluding carboxylic acids is 1. The van der Waals surface area contributed by atoms with Gasteiger partial charge in [0.15, 0.2) is 0 Å². The second-order valence-electron chi connectivity index (χ2n) is 6.30. The van der Waals surface area contributed by atoms with Crippen LogP contribution in [0.15, 0.2) is 39.9 Å². The van der Waals surface area contributed by atoms with Gasteiger partial charge in [0, 0.05) is 11.6 Å². The van der Waals surface area contributed by atoms with E-state index in [1.54, 1.807) is 6.92 Å².